The summed E-state index contributed by atoms with van der Waals surface area (Å²) in [6.45, 7) is 3.02. The topological polar surface area (TPSA) is 57.9 Å². The van der Waals surface area contributed by atoms with Crippen LogP contribution in [0.1, 0.15) is 37.9 Å². The average molecular weight is 222 g/mol. The summed E-state index contributed by atoms with van der Waals surface area (Å²) in [4.78, 5) is 9.66. The molecule has 0 unspecified atom stereocenters. The standard InChI is InChI=1S/C12H22N4/c1-9-14-11(13)12(15-9)16(2)8-10-6-4-3-5-7-10/h10H,3-8,13H2,1-2H3,(H,14,15). The van der Waals surface area contributed by atoms with Crippen LogP contribution in [0.15, 0.2) is 0 Å². The number of nitrogen functional groups attached to an aromatic ring is 1. The Kier molecular flexibility index (Phi) is 3.36. The lowest BCUT2D eigenvalue weighted by Gasteiger charge is -2.27. The van der Waals surface area contributed by atoms with E-state index in [-0.39, 0.29) is 0 Å². The van der Waals surface area contributed by atoms with Crippen LogP contribution >= 0.6 is 0 Å². The molecule has 0 aliphatic heterocycles. The molecule has 0 aromatic carbocycles. The van der Waals surface area contributed by atoms with Gasteiger partial charge in [0.25, 0.3) is 0 Å². The maximum atomic E-state index is 5.89. The van der Waals surface area contributed by atoms with Crippen molar-refractivity contribution in [1.29, 1.82) is 0 Å². The number of imidazole rings is 1. The van der Waals surface area contributed by atoms with Crippen LogP contribution < -0.4 is 10.6 Å². The molecule has 0 radical (unpaired) electrons. The lowest BCUT2D eigenvalue weighted by atomic mass is 9.89. The Morgan fingerprint density at radius 3 is 2.62 bits per heavy atom. The molecule has 3 N–H and O–H groups in total. The molecule has 90 valence electrons. The summed E-state index contributed by atoms with van der Waals surface area (Å²) >= 11 is 0. The first kappa shape index (κ1) is 11.3. The number of aryl methyl sites for hydroxylation is 1. The summed E-state index contributed by atoms with van der Waals surface area (Å²) in [7, 11) is 2.08. The van der Waals surface area contributed by atoms with E-state index in [0.29, 0.717) is 5.82 Å². The number of aromatic amines is 1. The Balaban J connectivity index is 1.96. The van der Waals surface area contributed by atoms with Crippen LogP contribution in [0.4, 0.5) is 11.6 Å². The lowest BCUT2D eigenvalue weighted by Crippen LogP contribution is -2.27. The van der Waals surface area contributed by atoms with Gasteiger partial charge in [-0.1, -0.05) is 19.3 Å². The average Bonchev–Trinajstić information content (AvgIpc) is 2.59. The van der Waals surface area contributed by atoms with Gasteiger partial charge in [0.15, 0.2) is 5.82 Å². The zero-order chi connectivity index (χ0) is 11.5. The molecule has 0 saturated heterocycles. The van der Waals surface area contributed by atoms with Gasteiger partial charge in [0.05, 0.1) is 0 Å². The first-order valence-corrected chi connectivity index (χ1v) is 6.20. The Morgan fingerprint density at radius 2 is 2.06 bits per heavy atom. The van der Waals surface area contributed by atoms with Gasteiger partial charge in [-0.3, -0.25) is 0 Å². The molecule has 0 atom stereocenters. The van der Waals surface area contributed by atoms with E-state index >= 15 is 0 Å². The van der Waals surface area contributed by atoms with Crippen LogP contribution in [0.25, 0.3) is 0 Å². The van der Waals surface area contributed by atoms with Crippen LogP contribution in [0.3, 0.4) is 0 Å². The van der Waals surface area contributed by atoms with Gasteiger partial charge < -0.3 is 15.6 Å². The Morgan fingerprint density at radius 1 is 1.38 bits per heavy atom. The molecule has 2 rings (SSSR count). The van der Waals surface area contributed by atoms with Crippen LogP contribution in [-0.2, 0) is 0 Å². The first-order valence-electron chi connectivity index (χ1n) is 6.20. The van der Waals surface area contributed by atoms with Crippen molar-refractivity contribution in [3.05, 3.63) is 5.82 Å². The maximum Gasteiger partial charge on any atom is 0.171 e. The molecule has 1 aromatic rings. The summed E-state index contributed by atoms with van der Waals surface area (Å²) in [5, 5.41) is 0. The van der Waals surface area contributed by atoms with Gasteiger partial charge in [0.2, 0.25) is 0 Å². The summed E-state index contributed by atoms with van der Waals surface area (Å²) in [6.07, 6.45) is 6.88. The van der Waals surface area contributed by atoms with E-state index < -0.39 is 0 Å². The molecule has 1 heterocycles. The molecule has 1 saturated carbocycles. The Labute approximate surface area is 97.2 Å². The monoisotopic (exact) mass is 222 g/mol. The first-order chi connectivity index (χ1) is 7.66. The SMILES string of the molecule is Cc1nc(N(C)CC2CCCCC2)c(N)[nH]1. The van der Waals surface area contributed by atoms with Crippen molar-refractivity contribution < 1.29 is 0 Å². The summed E-state index contributed by atoms with van der Waals surface area (Å²) in [6, 6.07) is 0. The molecule has 1 aliphatic rings. The van der Waals surface area contributed by atoms with Crippen molar-refractivity contribution in [3.8, 4) is 0 Å². The second kappa shape index (κ2) is 4.76. The third-order valence-electron chi connectivity index (χ3n) is 3.45. The van der Waals surface area contributed by atoms with Crippen molar-refractivity contribution in [2.24, 2.45) is 5.92 Å². The van der Waals surface area contributed by atoms with Gasteiger partial charge in [-0.25, -0.2) is 4.98 Å². The van der Waals surface area contributed by atoms with E-state index in [0.717, 1.165) is 24.1 Å². The highest BCUT2D eigenvalue weighted by atomic mass is 15.2. The predicted octanol–water partition coefficient (Wildman–Crippen LogP) is 2.32. The van der Waals surface area contributed by atoms with Crippen LogP contribution in [-0.4, -0.2) is 23.6 Å². The van der Waals surface area contributed by atoms with E-state index in [4.69, 9.17) is 5.73 Å². The van der Waals surface area contributed by atoms with E-state index in [1.807, 2.05) is 6.92 Å². The highest BCUT2D eigenvalue weighted by Gasteiger charge is 2.18. The predicted molar refractivity (Wildman–Crippen MR) is 67.6 cm³/mol. The largest absolute Gasteiger partial charge is 0.382 e. The summed E-state index contributed by atoms with van der Waals surface area (Å²) in [5.41, 5.74) is 5.89. The lowest BCUT2D eigenvalue weighted by molar-refractivity contribution is 0.362. The van der Waals surface area contributed by atoms with Gasteiger partial charge in [0.1, 0.15) is 11.6 Å². The van der Waals surface area contributed by atoms with Crippen molar-refractivity contribution >= 4 is 11.6 Å². The minimum Gasteiger partial charge on any atom is -0.382 e. The second-order valence-electron chi connectivity index (χ2n) is 4.94. The molecule has 0 spiro atoms. The van der Waals surface area contributed by atoms with Crippen LogP contribution in [0, 0.1) is 12.8 Å². The number of nitrogens with one attached hydrogen (secondary N) is 1. The number of nitrogens with zero attached hydrogens (tertiary/aromatic N) is 2. The minimum atomic E-state index is 0.691. The Hall–Kier alpha value is -1.19. The number of anilines is 2. The van der Waals surface area contributed by atoms with Gasteiger partial charge >= 0.3 is 0 Å². The number of aromatic nitrogens is 2. The summed E-state index contributed by atoms with van der Waals surface area (Å²) in [5.74, 6) is 3.30. The Bertz CT molecular complexity index is 339. The second-order valence-corrected chi connectivity index (χ2v) is 4.94. The van der Waals surface area contributed by atoms with E-state index in [1.165, 1.54) is 32.1 Å². The van der Waals surface area contributed by atoms with Crippen molar-refractivity contribution in [2.75, 3.05) is 24.2 Å². The zero-order valence-electron chi connectivity index (χ0n) is 10.3. The fourth-order valence-corrected chi connectivity index (χ4v) is 2.63. The molecule has 1 fully saturated rings. The van der Waals surface area contributed by atoms with Crippen LogP contribution in [0.2, 0.25) is 0 Å². The fourth-order valence-electron chi connectivity index (χ4n) is 2.63. The molecule has 0 amide bonds. The number of hydrogen-bond donors (Lipinski definition) is 2. The van der Waals surface area contributed by atoms with Crippen molar-refractivity contribution in [2.45, 2.75) is 39.0 Å². The molecular formula is C12H22N4. The molecule has 1 aromatic heterocycles. The van der Waals surface area contributed by atoms with E-state index in [2.05, 4.69) is 21.9 Å². The number of nitrogens with two attached hydrogens (primary N) is 1. The highest BCUT2D eigenvalue weighted by Crippen LogP contribution is 2.26. The molecule has 4 heteroatoms. The molecule has 16 heavy (non-hydrogen) atoms. The molecule has 4 nitrogen and oxygen atoms in total. The highest BCUT2D eigenvalue weighted by molar-refractivity contribution is 5.58. The fraction of sp³-hybridized carbons (Fsp3) is 0.750. The molecular weight excluding hydrogens is 200 g/mol. The molecule has 0 bridgehead atoms. The number of H-pyrrole nitrogens is 1. The zero-order valence-corrected chi connectivity index (χ0v) is 10.3. The van der Waals surface area contributed by atoms with Gasteiger partial charge in [-0.15, -0.1) is 0 Å². The summed E-state index contributed by atoms with van der Waals surface area (Å²) < 4.78 is 0. The van der Waals surface area contributed by atoms with Gasteiger partial charge in [0, 0.05) is 13.6 Å². The van der Waals surface area contributed by atoms with E-state index in [9.17, 15) is 0 Å². The normalized spacial score (nSPS) is 17.6. The van der Waals surface area contributed by atoms with Gasteiger partial charge in [-0.2, -0.15) is 0 Å². The minimum absolute atomic E-state index is 0.691. The third-order valence-corrected chi connectivity index (χ3v) is 3.45. The van der Waals surface area contributed by atoms with Gasteiger partial charge in [-0.05, 0) is 25.7 Å². The number of rotatable bonds is 3. The maximum absolute atomic E-state index is 5.89. The smallest absolute Gasteiger partial charge is 0.171 e. The molecule has 1 aliphatic carbocycles. The van der Waals surface area contributed by atoms with Crippen LogP contribution in [0.5, 0.6) is 0 Å². The van der Waals surface area contributed by atoms with E-state index in [1.54, 1.807) is 0 Å². The van der Waals surface area contributed by atoms with Crippen molar-refractivity contribution in [3.63, 3.8) is 0 Å². The third kappa shape index (κ3) is 2.49. The van der Waals surface area contributed by atoms with Crippen molar-refractivity contribution in [1.82, 2.24) is 9.97 Å². The quantitative estimate of drug-likeness (QED) is 0.825. The number of hydrogen-bond acceptors (Lipinski definition) is 3.